The molecule has 2 N–H and O–H groups in total. The Bertz CT molecular complexity index is 541. The summed E-state index contributed by atoms with van der Waals surface area (Å²) in [5.41, 5.74) is 1.96. The first kappa shape index (κ1) is 13.3. The Morgan fingerprint density at radius 3 is 2.29 bits per heavy atom. The maximum Gasteiger partial charge on any atom is 0.325 e. The first-order valence-electron chi connectivity index (χ1n) is 7.97. The molecular formula is C17H22N2O2. The fourth-order valence-corrected chi connectivity index (χ4v) is 3.63. The van der Waals surface area contributed by atoms with E-state index in [0.717, 1.165) is 38.8 Å². The van der Waals surface area contributed by atoms with Gasteiger partial charge in [0.05, 0.1) is 0 Å². The molecule has 2 saturated carbocycles. The van der Waals surface area contributed by atoms with E-state index >= 15 is 0 Å². The van der Waals surface area contributed by atoms with Crippen molar-refractivity contribution in [3.05, 3.63) is 35.4 Å². The van der Waals surface area contributed by atoms with Gasteiger partial charge in [0.15, 0.2) is 0 Å². The predicted molar refractivity (Wildman–Crippen MR) is 79.8 cm³/mol. The molecule has 4 rings (SSSR count). The number of aliphatic carboxylic acids is 1. The highest BCUT2D eigenvalue weighted by Crippen LogP contribution is 2.43. The Kier molecular flexibility index (Phi) is 3.05. The number of carboxylic acid groups (broad SMARTS) is 1. The molecule has 0 amide bonds. The molecule has 2 aliphatic carbocycles. The van der Waals surface area contributed by atoms with Gasteiger partial charge in [-0.3, -0.25) is 15.0 Å². The van der Waals surface area contributed by atoms with E-state index in [-0.39, 0.29) is 0 Å². The molecule has 0 radical (unpaired) electrons. The van der Waals surface area contributed by atoms with Gasteiger partial charge in [0.2, 0.25) is 0 Å². The van der Waals surface area contributed by atoms with Crippen LogP contribution in [0.2, 0.25) is 0 Å². The normalized spacial score (nSPS) is 24.6. The van der Waals surface area contributed by atoms with Gasteiger partial charge in [0.1, 0.15) is 5.54 Å². The summed E-state index contributed by atoms with van der Waals surface area (Å²) in [5, 5.41) is 13.4. The summed E-state index contributed by atoms with van der Waals surface area (Å²) < 4.78 is 0. The summed E-state index contributed by atoms with van der Waals surface area (Å²) in [4.78, 5) is 14.3. The topological polar surface area (TPSA) is 52.6 Å². The lowest BCUT2D eigenvalue weighted by molar-refractivity contribution is -0.147. The van der Waals surface area contributed by atoms with Gasteiger partial charge in [0.25, 0.3) is 0 Å². The molecular weight excluding hydrogens is 264 g/mol. The van der Waals surface area contributed by atoms with E-state index in [4.69, 9.17) is 0 Å². The average Bonchev–Trinajstić information content (AvgIpc) is 3.35. The highest BCUT2D eigenvalue weighted by atomic mass is 16.4. The summed E-state index contributed by atoms with van der Waals surface area (Å²) in [5.74, 6) is -0.354. The molecule has 4 nitrogen and oxygen atoms in total. The average molecular weight is 286 g/mol. The molecule has 0 saturated heterocycles. The van der Waals surface area contributed by atoms with Crippen LogP contribution < -0.4 is 5.32 Å². The van der Waals surface area contributed by atoms with Gasteiger partial charge in [-0.05, 0) is 42.7 Å². The summed E-state index contributed by atoms with van der Waals surface area (Å²) in [6.07, 6.45) is 4.35. The second-order valence-electron chi connectivity index (χ2n) is 6.88. The van der Waals surface area contributed by atoms with Crippen molar-refractivity contribution in [2.45, 2.75) is 50.4 Å². The first-order valence-corrected chi connectivity index (χ1v) is 7.97. The monoisotopic (exact) mass is 286 g/mol. The van der Waals surface area contributed by atoms with Crippen LogP contribution in [0.4, 0.5) is 0 Å². The molecule has 1 unspecified atom stereocenters. The Morgan fingerprint density at radius 2 is 1.81 bits per heavy atom. The lowest BCUT2D eigenvalue weighted by Crippen LogP contribution is -2.60. The molecule has 4 heteroatoms. The fourth-order valence-electron chi connectivity index (χ4n) is 3.63. The quantitative estimate of drug-likeness (QED) is 0.840. The van der Waals surface area contributed by atoms with Gasteiger partial charge >= 0.3 is 5.97 Å². The molecule has 21 heavy (non-hydrogen) atoms. The van der Waals surface area contributed by atoms with E-state index in [0.29, 0.717) is 18.5 Å². The number of benzene rings is 1. The molecule has 1 atom stereocenters. The zero-order valence-corrected chi connectivity index (χ0v) is 12.2. The highest BCUT2D eigenvalue weighted by molar-refractivity contribution is 5.80. The van der Waals surface area contributed by atoms with Crippen molar-refractivity contribution in [1.29, 1.82) is 0 Å². The minimum absolute atomic E-state index is 0.305. The van der Waals surface area contributed by atoms with E-state index in [9.17, 15) is 9.90 Å². The fraction of sp³-hybridized carbons (Fsp3) is 0.588. The minimum Gasteiger partial charge on any atom is -0.480 e. The van der Waals surface area contributed by atoms with Crippen LogP contribution >= 0.6 is 0 Å². The molecule has 0 spiro atoms. The summed E-state index contributed by atoms with van der Waals surface area (Å²) in [6.45, 7) is 2.38. The number of carbonyl (C=O) groups is 1. The van der Waals surface area contributed by atoms with Crippen LogP contribution in [0.1, 0.15) is 36.8 Å². The molecule has 1 aromatic rings. The summed E-state index contributed by atoms with van der Waals surface area (Å²) in [7, 11) is 0. The Morgan fingerprint density at radius 1 is 1.19 bits per heavy atom. The second-order valence-corrected chi connectivity index (χ2v) is 6.88. The predicted octanol–water partition coefficient (Wildman–Crippen LogP) is 1.99. The van der Waals surface area contributed by atoms with Crippen LogP contribution in [0.15, 0.2) is 24.3 Å². The standard InChI is InChI=1S/C17H22N2O2/c20-16(21)17(14-5-6-14,18-15-7-8-15)11-19-9-12-3-1-2-4-13(12)10-19/h1-4,14-15,18H,5-11H2,(H,20,21). The molecule has 2 fully saturated rings. The summed E-state index contributed by atoms with van der Waals surface area (Å²) >= 11 is 0. The molecule has 0 bridgehead atoms. The van der Waals surface area contributed by atoms with Crippen molar-refractivity contribution in [2.24, 2.45) is 5.92 Å². The SMILES string of the molecule is O=C(O)C(CN1Cc2ccccc2C1)(NC1CC1)C1CC1. The van der Waals surface area contributed by atoms with Crippen LogP contribution in [0.25, 0.3) is 0 Å². The second kappa shape index (κ2) is 4.82. The van der Waals surface area contributed by atoms with Crippen LogP contribution in [0.5, 0.6) is 0 Å². The van der Waals surface area contributed by atoms with Crippen molar-refractivity contribution in [3.63, 3.8) is 0 Å². The zero-order valence-electron chi connectivity index (χ0n) is 12.2. The lowest BCUT2D eigenvalue weighted by Gasteiger charge is -2.35. The number of rotatable bonds is 6. The first-order chi connectivity index (χ1) is 10.2. The third-order valence-corrected chi connectivity index (χ3v) is 5.07. The molecule has 1 aromatic carbocycles. The van der Waals surface area contributed by atoms with E-state index in [2.05, 4.69) is 34.5 Å². The van der Waals surface area contributed by atoms with Crippen molar-refractivity contribution in [3.8, 4) is 0 Å². The number of hydrogen-bond donors (Lipinski definition) is 2. The third-order valence-electron chi connectivity index (χ3n) is 5.07. The largest absolute Gasteiger partial charge is 0.480 e. The zero-order chi connectivity index (χ0) is 14.4. The minimum atomic E-state index is -0.733. The molecule has 1 heterocycles. The Balaban J connectivity index is 1.54. The van der Waals surface area contributed by atoms with Crippen LogP contribution in [-0.2, 0) is 17.9 Å². The van der Waals surface area contributed by atoms with Crippen LogP contribution in [0.3, 0.4) is 0 Å². The molecule has 0 aromatic heterocycles. The van der Waals surface area contributed by atoms with Crippen LogP contribution in [-0.4, -0.2) is 34.1 Å². The van der Waals surface area contributed by atoms with Gasteiger partial charge < -0.3 is 5.11 Å². The van der Waals surface area contributed by atoms with Crippen LogP contribution in [0, 0.1) is 5.92 Å². The smallest absolute Gasteiger partial charge is 0.325 e. The molecule has 3 aliphatic rings. The Labute approximate surface area is 125 Å². The highest BCUT2D eigenvalue weighted by Gasteiger charge is 2.54. The van der Waals surface area contributed by atoms with Gasteiger partial charge in [-0.1, -0.05) is 24.3 Å². The maximum atomic E-state index is 12.0. The van der Waals surface area contributed by atoms with Gasteiger partial charge in [-0.2, -0.15) is 0 Å². The van der Waals surface area contributed by atoms with Gasteiger partial charge in [0, 0.05) is 25.7 Å². The van der Waals surface area contributed by atoms with Gasteiger partial charge in [-0.15, -0.1) is 0 Å². The number of carboxylic acids is 1. The van der Waals surface area contributed by atoms with Gasteiger partial charge in [-0.25, -0.2) is 0 Å². The van der Waals surface area contributed by atoms with Crippen molar-refractivity contribution in [1.82, 2.24) is 10.2 Å². The number of nitrogens with zero attached hydrogens (tertiary/aromatic N) is 1. The van der Waals surface area contributed by atoms with Crippen molar-refractivity contribution in [2.75, 3.05) is 6.54 Å². The Hall–Kier alpha value is -1.39. The summed E-state index contributed by atoms with van der Waals surface area (Å²) in [6, 6.07) is 8.87. The lowest BCUT2D eigenvalue weighted by atomic mass is 9.92. The molecule has 112 valence electrons. The van der Waals surface area contributed by atoms with Crippen molar-refractivity contribution >= 4 is 5.97 Å². The maximum absolute atomic E-state index is 12.0. The number of hydrogen-bond acceptors (Lipinski definition) is 3. The van der Waals surface area contributed by atoms with E-state index in [1.54, 1.807) is 0 Å². The molecule has 1 aliphatic heterocycles. The number of nitrogens with one attached hydrogen (secondary N) is 1. The van der Waals surface area contributed by atoms with E-state index in [1.165, 1.54) is 11.1 Å². The number of fused-ring (bicyclic) bond motifs is 1. The van der Waals surface area contributed by atoms with Crippen molar-refractivity contribution < 1.29 is 9.90 Å². The third kappa shape index (κ3) is 2.47. The van der Waals surface area contributed by atoms with E-state index in [1.807, 2.05) is 0 Å². The van der Waals surface area contributed by atoms with E-state index < -0.39 is 11.5 Å².